The number of rotatable bonds is 4. The lowest BCUT2D eigenvalue weighted by atomic mass is 10.0. The number of pyridine rings is 1. The molecule has 0 bridgehead atoms. The first-order valence-corrected chi connectivity index (χ1v) is 9.01. The lowest BCUT2D eigenvalue weighted by molar-refractivity contribution is 0.357. The van der Waals surface area contributed by atoms with Crippen LogP contribution in [0.2, 0.25) is 0 Å². The Morgan fingerprint density at radius 3 is 3.04 bits per heavy atom. The van der Waals surface area contributed by atoms with Crippen molar-refractivity contribution in [1.29, 1.82) is 0 Å². The van der Waals surface area contributed by atoms with Gasteiger partial charge in [-0.15, -0.1) is 0 Å². The topological polar surface area (TPSA) is 46.0 Å². The minimum absolute atomic E-state index is 0.563. The van der Waals surface area contributed by atoms with Gasteiger partial charge in [0.2, 0.25) is 0 Å². The van der Waals surface area contributed by atoms with E-state index in [1.54, 1.807) is 0 Å². The second-order valence-corrected chi connectivity index (χ2v) is 7.25. The lowest BCUT2D eigenvalue weighted by Crippen LogP contribution is -2.37. The number of fused-ring (bicyclic) bond motifs is 1. The lowest BCUT2D eigenvalue weighted by Gasteiger charge is -2.25. The largest absolute Gasteiger partial charge is 0.312 e. The maximum atomic E-state index is 4.92. The highest BCUT2D eigenvalue weighted by Crippen LogP contribution is 2.23. The van der Waals surface area contributed by atoms with Gasteiger partial charge in [0.25, 0.3) is 0 Å². The van der Waals surface area contributed by atoms with Crippen LogP contribution in [-0.4, -0.2) is 52.2 Å². The van der Waals surface area contributed by atoms with E-state index in [2.05, 4.69) is 32.9 Å². The molecule has 0 aromatic carbocycles. The van der Waals surface area contributed by atoms with Crippen LogP contribution in [0.4, 0.5) is 0 Å². The summed E-state index contributed by atoms with van der Waals surface area (Å²) < 4.78 is 2.39. The number of piperidine rings is 1. The quantitative estimate of drug-likeness (QED) is 0.938. The number of nitrogens with zero attached hydrogens (tertiary/aromatic N) is 4. The van der Waals surface area contributed by atoms with E-state index in [1.807, 2.05) is 12.3 Å². The molecule has 5 nitrogen and oxygen atoms in total. The van der Waals surface area contributed by atoms with Crippen molar-refractivity contribution in [3.05, 3.63) is 24.2 Å². The molecule has 4 heterocycles. The Balaban J connectivity index is 1.61. The van der Waals surface area contributed by atoms with Crippen molar-refractivity contribution in [2.24, 2.45) is 5.92 Å². The average Bonchev–Trinajstić information content (AvgIpc) is 3.13. The summed E-state index contributed by atoms with van der Waals surface area (Å²) in [5.74, 6) is 1.96. The fourth-order valence-electron chi connectivity index (χ4n) is 4.10. The second-order valence-electron chi connectivity index (χ2n) is 7.25. The van der Waals surface area contributed by atoms with Crippen LogP contribution in [0, 0.1) is 5.92 Å². The van der Waals surface area contributed by atoms with Crippen LogP contribution in [-0.2, 0) is 13.0 Å². The predicted octanol–water partition coefficient (Wildman–Crippen LogP) is 2.07. The van der Waals surface area contributed by atoms with Crippen molar-refractivity contribution in [3.8, 4) is 0 Å². The zero-order valence-electron chi connectivity index (χ0n) is 14.0. The van der Waals surface area contributed by atoms with E-state index in [-0.39, 0.29) is 0 Å². The third-order valence-electron chi connectivity index (χ3n) is 5.36. The van der Waals surface area contributed by atoms with Crippen molar-refractivity contribution >= 4 is 11.2 Å². The summed E-state index contributed by atoms with van der Waals surface area (Å²) in [6.45, 7) is 4.56. The van der Waals surface area contributed by atoms with Crippen LogP contribution in [0.1, 0.15) is 31.5 Å². The molecule has 2 unspecified atom stereocenters. The van der Waals surface area contributed by atoms with Gasteiger partial charge in [0, 0.05) is 31.7 Å². The second kappa shape index (κ2) is 6.57. The fourth-order valence-corrected chi connectivity index (χ4v) is 4.10. The molecule has 0 radical (unpaired) electrons. The third-order valence-corrected chi connectivity index (χ3v) is 5.36. The summed E-state index contributed by atoms with van der Waals surface area (Å²) in [6.07, 6.45) is 8.16. The highest BCUT2D eigenvalue weighted by atomic mass is 15.2. The van der Waals surface area contributed by atoms with Crippen molar-refractivity contribution in [2.45, 2.75) is 44.7 Å². The summed E-state index contributed by atoms with van der Waals surface area (Å²) in [5.41, 5.74) is 2.10. The maximum Gasteiger partial charge on any atom is 0.160 e. The van der Waals surface area contributed by atoms with E-state index in [0.29, 0.717) is 6.04 Å². The van der Waals surface area contributed by atoms with E-state index in [4.69, 9.17) is 4.98 Å². The van der Waals surface area contributed by atoms with Crippen LogP contribution >= 0.6 is 0 Å². The highest BCUT2D eigenvalue weighted by Gasteiger charge is 2.24. The molecule has 2 saturated heterocycles. The number of imidazole rings is 1. The first-order chi connectivity index (χ1) is 11.3. The number of nitrogens with one attached hydrogen (secondary N) is 1. The van der Waals surface area contributed by atoms with Crippen LogP contribution in [0.3, 0.4) is 0 Å². The predicted molar refractivity (Wildman–Crippen MR) is 92.5 cm³/mol. The van der Waals surface area contributed by atoms with Crippen LogP contribution in [0.5, 0.6) is 0 Å². The van der Waals surface area contributed by atoms with E-state index in [1.165, 1.54) is 44.6 Å². The van der Waals surface area contributed by atoms with Crippen molar-refractivity contribution in [2.75, 3.05) is 26.7 Å². The van der Waals surface area contributed by atoms with Gasteiger partial charge in [-0.3, -0.25) is 0 Å². The van der Waals surface area contributed by atoms with Gasteiger partial charge < -0.3 is 14.8 Å². The molecular formula is C18H27N5. The minimum atomic E-state index is 0.563. The van der Waals surface area contributed by atoms with E-state index in [0.717, 1.165) is 36.6 Å². The zero-order valence-corrected chi connectivity index (χ0v) is 14.0. The molecule has 23 heavy (non-hydrogen) atoms. The van der Waals surface area contributed by atoms with Crippen molar-refractivity contribution in [1.82, 2.24) is 24.8 Å². The Bertz CT molecular complexity index is 658. The molecule has 1 N–H and O–H groups in total. The summed E-state index contributed by atoms with van der Waals surface area (Å²) in [7, 11) is 2.22. The van der Waals surface area contributed by atoms with Gasteiger partial charge in [-0.05, 0) is 57.5 Å². The molecule has 0 amide bonds. The van der Waals surface area contributed by atoms with Gasteiger partial charge in [-0.25, -0.2) is 9.97 Å². The molecular weight excluding hydrogens is 286 g/mol. The SMILES string of the molecule is CN1CCC(Cc2nc3cccnc3n2CC2CCCCN2)C1. The Kier molecular flexibility index (Phi) is 4.31. The van der Waals surface area contributed by atoms with Crippen molar-refractivity contribution in [3.63, 3.8) is 0 Å². The number of aromatic nitrogens is 3. The van der Waals surface area contributed by atoms with Gasteiger partial charge in [-0.1, -0.05) is 6.42 Å². The highest BCUT2D eigenvalue weighted by molar-refractivity contribution is 5.71. The number of hydrogen-bond donors (Lipinski definition) is 1. The molecule has 0 saturated carbocycles. The Labute approximate surface area is 138 Å². The molecule has 2 aliphatic rings. The zero-order chi connectivity index (χ0) is 15.6. The summed E-state index contributed by atoms with van der Waals surface area (Å²) in [4.78, 5) is 12.0. The molecule has 0 spiro atoms. The third kappa shape index (κ3) is 3.26. The maximum absolute atomic E-state index is 4.92. The Morgan fingerprint density at radius 1 is 1.30 bits per heavy atom. The fraction of sp³-hybridized carbons (Fsp3) is 0.667. The van der Waals surface area contributed by atoms with Gasteiger partial charge >= 0.3 is 0 Å². The molecule has 2 aromatic rings. The first kappa shape index (κ1) is 15.1. The van der Waals surface area contributed by atoms with Crippen LogP contribution in [0.15, 0.2) is 18.3 Å². The van der Waals surface area contributed by atoms with E-state index < -0.39 is 0 Å². The van der Waals surface area contributed by atoms with Crippen molar-refractivity contribution < 1.29 is 0 Å². The first-order valence-electron chi connectivity index (χ1n) is 9.01. The Hall–Kier alpha value is -1.46. The Morgan fingerprint density at radius 2 is 2.26 bits per heavy atom. The minimum Gasteiger partial charge on any atom is -0.312 e. The molecule has 2 aromatic heterocycles. The smallest absolute Gasteiger partial charge is 0.160 e. The average molecular weight is 313 g/mol. The number of hydrogen-bond acceptors (Lipinski definition) is 4. The molecule has 2 atom stereocenters. The molecule has 124 valence electrons. The molecule has 2 aliphatic heterocycles. The van der Waals surface area contributed by atoms with E-state index in [9.17, 15) is 0 Å². The monoisotopic (exact) mass is 313 g/mol. The molecule has 0 aliphatic carbocycles. The van der Waals surface area contributed by atoms with Gasteiger partial charge in [0.1, 0.15) is 11.3 Å². The molecule has 5 heteroatoms. The molecule has 2 fully saturated rings. The number of likely N-dealkylation sites (tertiary alicyclic amines) is 1. The van der Waals surface area contributed by atoms with Crippen LogP contribution in [0.25, 0.3) is 11.2 Å². The summed E-state index contributed by atoms with van der Waals surface area (Å²) >= 11 is 0. The normalized spacial score (nSPS) is 26.1. The molecule has 4 rings (SSSR count). The van der Waals surface area contributed by atoms with Gasteiger partial charge in [0.15, 0.2) is 5.65 Å². The van der Waals surface area contributed by atoms with Gasteiger partial charge in [0.05, 0.1) is 0 Å². The summed E-state index contributed by atoms with van der Waals surface area (Å²) in [6, 6.07) is 4.65. The standard InChI is InChI=1S/C18H27N5/c1-22-10-7-14(12-22)11-17-21-16-6-4-9-20-18(16)23(17)13-15-5-2-3-8-19-15/h4,6,9,14-15,19H,2-3,5,7-8,10-13H2,1H3. The van der Waals surface area contributed by atoms with E-state index >= 15 is 0 Å². The van der Waals surface area contributed by atoms with Gasteiger partial charge in [-0.2, -0.15) is 0 Å². The van der Waals surface area contributed by atoms with Crippen LogP contribution < -0.4 is 5.32 Å². The summed E-state index contributed by atoms with van der Waals surface area (Å²) in [5, 5.41) is 3.67.